The number of hydrogen-bond donors (Lipinski definition) is 1. The van der Waals surface area contributed by atoms with Crippen LogP contribution in [0.15, 0.2) is 36.9 Å². The van der Waals surface area contributed by atoms with Gasteiger partial charge in [0.15, 0.2) is 11.6 Å². The van der Waals surface area contributed by atoms with E-state index in [0.29, 0.717) is 5.82 Å². The minimum absolute atomic E-state index is 0.667. The molecule has 1 aromatic carbocycles. The molecule has 2 N–H and O–H groups in total. The Morgan fingerprint density at radius 2 is 1.86 bits per heavy atom. The van der Waals surface area contributed by atoms with E-state index in [-0.39, 0.29) is 0 Å². The third-order valence-corrected chi connectivity index (χ3v) is 3.73. The standard InChI is InChI=1S/C15H14N6/c16-11-6-4-10(5-7-11)14-19-9-21(20-14)15-12-2-1-3-13(12)17-8-18-15/h4-9H,1-3,16H2. The summed E-state index contributed by atoms with van der Waals surface area (Å²) in [6, 6.07) is 7.52. The number of aryl methyl sites for hydroxylation is 1. The van der Waals surface area contributed by atoms with Gasteiger partial charge in [0.05, 0.1) is 0 Å². The van der Waals surface area contributed by atoms with Crippen molar-refractivity contribution < 1.29 is 0 Å². The van der Waals surface area contributed by atoms with Gasteiger partial charge in [0.25, 0.3) is 0 Å². The Labute approximate surface area is 121 Å². The number of nitrogens with zero attached hydrogens (tertiary/aromatic N) is 5. The summed E-state index contributed by atoms with van der Waals surface area (Å²) in [6.07, 6.45) is 6.45. The van der Waals surface area contributed by atoms with Crippen LogP contribution in [-0.2, 0) is 12.8 Å². The van der Waals surface area contributed by atoms with Gasteiger partial charge in [0.1, 0.15) is 12.7 Å². The van der Waals surface area contributed by atoms with Crippen molar-refractivity contribution in [2.24, 2.45) is 0 Å². The maximum absolute atomic E-state index is 5.70. The molecule has 6 heteroatoms. The molecule has 0 saturated heterocycles. The van der Waals surface area contributed by atoms with E-state index in [1.165, 1.54) is 5.56 Å². The summed E-state index contributed by atoms with van der Waals surface area (Å²) in [7, 11) is 0. The minimum atomic E-state index is 0.667. The van der Waals surface area contributed by atoms with E-state index in [1.807, 2.05) is 24.3 Å². The van der Waals surface area contributed by atoms with Gasteiger partial charge in [-0.2, -0.15) is 0 Å². The van der Waals surface area contributed by atoms with Gasteiger partial charge in [-0.05, 0) is 43.5 Å². The zero-order valence-corrected chi connectivity index (χ0v) is 11.4. The maximum Gasteiger partial charge on any atom is 0.181 e. The van der Waals surface area contributed by atoms with Crippen LogP contribution in [0.5, 0.6) is 0 Å². The average molecular weight is 278 g/mol. The van der Waals surface area contributed by atoms with Crippen LogP contribution in [0.3, 0.4) is 0 Å². The van der Waals surface area contributed by atoms with Crippen LogP contribution in [0, 0.1) is 0 Å². The van der Waals surface area contributed by atoms with Crippen LogP contribution in [0.1, 0.15) is 17.7 Å². The topological polar surface area (TPSA) is 82.5 Å². The van der Waals surface area contributed by atoms with Gasteiger partial charge in [-0.1, -0.05) is 0 Å². The lowest BCUT2D eigenvalue weighted by atomic mass is 10.2. The molecule has 3 aromatic rings. The number of hydrogen-bond acceptors (Lipinski definition) is 5. The Kier molecular flexibility index (Phi) is 2.67. The third-order valence-electron chi connectivity index (χ3n) is 3.73. The molecular formula is C15H14N6. The third kappa shape index (κ3) is 2.05. The second-order valence-corrected chi connectivity index (χ2v) is 5.11. The Morgan fingerprint density at radius 3 is 2.71 bits per heavy atom. The number of anilines is 1. The Morgan fingerprint density at radius 1 is 1.00 bits per heavy atom. The van der Waals surface area contributed by atoms with Crippen molar-refractivity contribution in [3.8, 4) is 17.2 Å². The van der Waals surface area contributed by atoms with Gasteiger partial charge in [0, 0.05) is 22.5 Å². The first-order chi connectivity index (χ1) is 10.3. The first-order valence-corrected chi connectivity index (χ1v) is 6.92. The van der Waals surface area contributed by atoms with E-state index in [0.717, 1.165) is 42.0 Å². The lowest BCUT2D eigenvalue weighted by molar-refractivity contribution is 0.820. The zero-order chi connectivity index (χ0) is 14.2. The predicted molar refractivity (Wildman–Crippen MR) is 78.8 cm³/mol. The molecule has 0 aliphatic heterocycles. The summed E-state index contributed by atoms with van der Waals surface area (Å²) in [5, 5.41) is 4.53. The lowest BCUT2D eigenvalue weighted by Gasteiger charge is -2.05. The number of rotatable bonds is 2. The molecule has 0 radical (unpaired) electrons. The fourth-order valence-corrected chi connectivity index (χ4v) is 2.67. The van der Waals surface area contributed by atoms with Crippen molar-refractivity contribution in [1.82, 2.24) is 24.7 Å². The van der Waals surface area contributed by atoms with Gasteiger partial charge in [-0.25, -0.2) is 19.6 Å². The van der Waals surface area contributed by atoms with Crippen molar-refractivity contribution in [3.05, 3.63) is 48.2 Å². The fraction of sp³-hybridized carbons (Fsp3) is 0.200. The molecule has 0 unspecified atom stereocenters. The minimum Gasteiger partial charge on any atom is -0.399 e. The van der Waals surface area contributed by atoms with Gasteiger partial charge < -0.3 is 5.73 Å². The average Bonchev–Trinajstić information content (AvgIpc) is 3.16. The lowest BCUT2D eigenvalue weighted by Crippen LogP contribution is -2.04. The molecule has 0 amide bonds. The fourth-order valence-electron chi connectivity index (χ4n) is 2.67. The van der Waals surface area contributed by atoms with E-state index in [1.54, 1.807) is 17.3 Å². The zero-order valence-electron chi connectivity index (χ0n) is 11.4. The molecule has 2 heterocycles. The van der Waals surface area contributed by atoms with Crippen molar-refractivity contribution in [2.75, 3.05) is 5.73 Å². The largest absolute Gasteiger partial charge is 0.399 e. The summed E-state index contributed by atoms with van der Waals surface area (Å²) in [5.74, 6) is 1.51. The van der Waals surface area contributed by atoms with Crippen LogP contribution in [0.25, 0.3) is 17.2 Å². The SMILES string of the molecule is Nc1ccc(-c2ncn(-c3ncnc4c3CCC4)n2)cc1. The van der Waals surface area contributed by atoms with E-state index < -0.39 is 0 Å². The molecule has 1 aliphatic rings. The van der Waals surface area contributed by atoms with Crippen LogP contribution >= 0.6 is 0 Å². The van der Waals surface area contributed by atoms with Gasteiger partial charge in [0.2, 0.25) is 0 Å². The molecule has 104 valence electrons. The van der Waals surface area contributed by atoms with Crippen LogP contribution < -0.4 is 5.73 Å². The molecule has 0 saturated carbocycles. The quantitative estimate of drug-likeness (QED) is 0.723. The number of benzene rings is 1. The molecule has 1 aliphatic carbocycles. The highest BCUT2D eigenvalue weighted by atomic mass is 15.4. The second kappa shape index (κ2) is 4.66. The molecule has 4 rings (SSSR count). The Bertz CT molecular complexity index is 790. The highest BCUT2D eigenvalue weighted by Crippen LogP contribution is 2.24. The molecule has 21 heavy (non-hydrogen) atoms. The van der Waals surface area contributed by atoms with Crippen LogP contribution in [-0.4, -0.2) is 24.7 Å². The summed E-state index contributed by atoms with van der Waals surface area (Å²) in [5.41, 5.74) is 9.68. The highest BCUT2D eigenvalue weighted by molar-refractivity contribution is 5.58. The summed E-state index contributed by atoms with van der Waals surface area (Å²) < 4.78 is 1.73. The van der Waals surface area contributed by atoms with Gasteiger partial charge in [-0.3, -0.25) is 0 Å². The second-order valence-electron chi connectivity index (χ2n) is 5.11. The van der Waals surface area contributed by atoms with Crippen molar-refractivity contribution in [1.29, 1.82) is 0 Å². The van der Waals surface area contributed by atoms with E-state index in [4.69, 9.17) is 5.73 Å². The molecule has 0 spiro atoms. The monoisotopic (exact) mass is 278 g/mol. The van der Waals surface area contributed by atoms with Crippen molar-refractivity contribution in [2.45, 2.75) is 19.3 Å². The van der Waals surface area contributed by atoms with E-state index >= 15 is 0 Å². The Hall–Kier alpha value is -2.76. The number of aromatic nitrogens is 5. The molecule has 0 fully saturated rings. The molecular weight excluding hydrogens is 264 g/mol. The summed E-state index contributed by atoms with van der Waals surface area (Å²) in [6.45, 7) is 0. The normalized spacial score (nSPS) is 13.3. The molecule has 0 atom stereocenters. The number of fused-ring (bicyclic) bond motifs is 1. The predicted octanol–water partition coefficient (Wildman–Crippen LogP) is 1.80. The number of nitrogen functional groups attached to an aromatic ring is 1. The first-order valence-electron chi connectivity index (χ1n) is 6.92. The van der Waals surface area contributed by atoms with Crippen molar-refractivity contribution >= 4 is 5.69 Å². The van der Waals surface area contributed by atoms with Crippen LogP contribution in [0.4, 0.5) is 5.69 Å². The molecule has 0 bridgehead atoms. The Balaban J connectivity index is 1.75. The summed E-state index contributed by atoms with van der Waals surface area (Å²) in [4.78, 5) is 13.1. The number of nitrogens with two attached hydrogens (primary N) is 1. The van der Waals surface area contributed by atoms with Gasteiger partial charge in [-0.15, -0.1) is 5.10 Å². The molecule has 2 aromatic heterocycles. The van der Waals surface area contributed by atoms with E-state index in [2.05, 4.69) is 20.1 Å². The maximum atomic E-state index is 5.70. The first kappa shape index (κ1) is 12.0. The molecule has 6 nitrogen and oxygen atoms in total. The highest BCUT2D eigenvalue weighted by Gasteiger charge is 2.19. The van der Waals surface area contributed by atoms with Crippen molar-refractivity contribution in [3.63, 3.8) is 0 Å². The smallest absolute Gasteiger partial charge is 0.181 e. The van der Waals surface area contributed by atoms with E-state index in [9.17, 15) is 0 Å². The van der Waals surface area contributed by atoms with Gasteiger partial charge >= 0.3 is 0 Å². The van der Waals surface area contributed by atoms with Crippen LogP contribution in [0.2, 0.25) is 0 Å². The summed E-state index contributed by atoms with van der Waals surface area (Å²) >= 11 is 0.